The lowest BCUT2D eigenvalue weighted by molar-refractivity contribution is 0.857. The number of hydrogen-bond donors (Lipinski definition) is 1. The van der Waals surface area contributed by atoms with Crippen molar-refractivity contribution in [3.05, 3.63) is 60.7 Å². The molecule has 3 rings (SSSR count). The topological polar surface area (TPSA) is 12.0 Å². The maximum atomic E-state index is 3.22. The van der Waals surface area contributed by atoms with Gasteiger partial charge in [0.05, 0.1) is 0 Å². The van der Waals surface area contributed by atoms with Crippen LogP contribution >= 0.6 is 21.0 Å². The number of hydrogen-bond acceptors (Lipinski definition) is 1. The van der Waals surface area contributed by atoms with E-state index in [2.05, 4.69) is 66.0 Å². The second-order valence-electron chi connectivity index (χ2n) is 4.31. The van der Waals surface area contributed by atoms with E-state index < -0.39 is 0 Å². The maximum Gasteiger partial charge on any atom is -0.00484 e. The van der Waals surface area contributed by atoms with Gasteiger partial charge in [0.25, 0.3) is 0 Å². The van der Waals surface area contributed by atoms with Crippen LogP contribution in [0.2, 0.25) is 0 Å². The summed E-state index contributed by atoms with van der Waals surface area (Å²) in [6, 6.07) is 21.2. The van der Waals surface area contributed by atoms with Crippen LogP contribution in [0.5, 0.6) is 0 Å². The van der Waals surface area contributed by atoms with Crippen LogP contribution in [0.4, 0.5) is 0 Å². The first kappa shape index (κ1) is 16.2. The normalized spacial score (nSPS) is 13.1. The molecule has 2 aromatic rings. The second-order valence-corrected chi connectivity index (χ2v) is 5.72. The van der Waals surface area contributed by atoms with Crippen LogP contribution in [0.25, 0.3) is 0 Å². The molecule has 1 aliphatic rings. The van der Waals surface area contributed by atoms with Gasteiger partial charge in [-0.1, -0.05) is 69.2 Å². The summed E-state index contributed by atoms with van der Waals surface area (Å²) in [5.74, 6) is 0. The van der Waals surface area contributed by atoms with Gasteiger partial charge in [-0.2, -0.15) is 0 Å². The molecule has 1 saturated heterocycles. The molecule has 0 saturated carbocycles. The third-order valence-corrected chi connectivity index (χ3v) is 4.04. The molecule has 0 unspecified atom stereocenters. The Morgan fingerprint density at radius 3 is 1.42 bits per heavy atom. The molecule has 19 heavy (non-hydrogen) atoms. The highest BCUT2D eigenvalue weighted by Crippen LogP contribution is 2.08. The summed E-state index contributed by atoms with van der Waals surface area (Å²) >= 11 is 0. The van der Waals surface area contributed by atoms with Gasteiger partial charge in [-0.05, 0) is 36.5 Å². The molecular weight excluding hydrogens is 273 g/mol. The van der Waals surface area contributed by atoms with E-state index in [4.69, 9.17) is 0 Å². The summed E-state index contributed by atoms with van der Waals surface area (Å²) in [4.78, 5) is 0. The number of rotatable bonds is 2. The Hall–Kier alpha value is -0.880. The first-order chi connectivity index (χ1) is 8.95. The van der Waals surface area contributed by atoms with Gasteiger partial charge < -0.3 is 5.32 Å². The highest BCUT2D eigenvalue weighted by Gasteiger charge is 1.93. The summed E-state index contributed by atoms with van der Waals surface area (Å²) in [6.07, 6.45) is 2.78. The standard InChI is InChI=1S/C12H11P.C4H9N.ClH/c1-3-7-11(8-4-1)13-12-9-5-2-6-10-12;1-2-4-5-3-1;/h1-10,13H;5H,1-4H2;1H. The van der Waals surface area contributed by atoms with Gasteiger partial charge >= 0.3 is 0 Å². The van der Waals surface area contributed by atoms with Crippen molar-refractivity contribution < 1.29 is 0 Å². The van der Waals surface area contributed by atoms with E-state index in [0.29, 0.717) is 0 Å². The van der Waals surface area contributed by atoms with E-state index in [1.54, 1.807) is 0 Å². The van der Waals surface area contributed by atoms with Gasteiger partial charge in [-0.25, -0.2) is 0 Å². The largest absolute Gasteiger partial charge is 0.317 e. The van der Waals surface area contributed by atoms with Crippen molar-refractivity contribution in [2.75, 3.05) is 13.1 Å². The Morgan fingerprint density at radius 2 is 1.11 bits per heavy atom. The van der Waals surface area contributed by atoms with Crippen molar-refractivity contribution in [1.29, 1.82) is 0 Å². The fourth-order valence-corrected chi connectivity index (χ4v) is 2.89. The van der Waals surface area contributed by atoms with E-state index in [9.17, 15) is 0 Å². The van der Waals surface area contributed by atoms with Gasteiger partial charge in [-0.3, -0.25) is 0 Å². The van der Waals surface area contributed by atoms with E-state index in [1.807, 2.05) is 0 Å². The van der Waals surface area contributed by atoms with Crippen molar-refractivity contribution in [3.63, 3.8) is 0 Å². The molecule has 1 N–H and O–H groups in total. The summed E-state index contributed by atoms with van der Waals surface area (Å²) in [6.45, 7) is 2.50. The fraction of sp³-hybridized carbons (Fsp3) is 0.250. The average molecular weight is 294 g/mol. The lowest BCUT2D eigenvalue weighted by atomic mass is 10.4. The Morgan fingerprint density at radius 1 is 0.684 bits per heavy atom. The molecular formula is C16H21ClNP. The summed E-state index contributed by atoms with van der Waals surface area (Å²) < 4.78 is 0. The highest BCUT2D eigenvalue weighted by molar-refractivity contribution is 7.55. The van der Waals surface area contributed by atoms with Crippen LogP contribution in [-0.4, -0.2) is 13.1 Å². The van der Waals surface area contributed by atoms with Crippen LogP contribution in [0.3, 0.4) is 0 Å². The SMILES string of the molecule is C1CCNC1.Cl.c1ccc(Pc2ccccc2)cc1. The summed E-state index contributed by atoms with van der Waals surface area (Å²) in [5.41, 5.74) is 0. The maximum absolute atomic E-state index is 3.22. The molecule has 1 heterocycles. The monoisotopic (exact) mass is 293 g/mol. The Balaban J connectivity index is 0.000000256. The average Bonchev–Trinajstić information content (AvgIpc) is 3.00. The highest BCUT2D eigenvalue weighted by atomic mass is 35.5. The van der Waals surface area contributed by atoms with Crippen molar-refractivity contribution in [3.8, 4) is 0 Å². The van der Waals surface area contributed by atoms with Gasteiger partial charge in [-0.15, -0.1) is 12.4 Å². The summed E-state index contributed by atoms with van der Waals surface area (Å²) in [5, 5.41) is 6.02. The fourth-order valence-electron chi connectivity index (χ4n) is 1.83. The molecule has 0 atom stereocenters. The third-order valence-electron chi connectivity index (χ3n) is 2.79. The second kappa shape index (κ2) is 9.97. The lowest BCUT2D eigenvalue weighted by Crippen LogP contribution is -2.03. The van der Waals surface area contributed by atoms with E-state index in [-0.39, 0.29) is 12.4 Å². The van der Waals surface area contributed by atoms with Crippen molar-refractivity contribution in [2.24, 2.45) is 0 Å². The van der Waals surface area contributed by atoms with E-state index in [1.165, 1.54) is 36.5 Å². The predicted octanol–water partition coefficient (Wildman–Crippen LogP) is 3.11. The zero-order valence-corrected chi connectivity index (χ0v) is 12.8. The van der Waals surface area contributed by atoms with Crippen LogP contribution in [0.1, 0.15) is 12.8 Å². The van der Waals surface area contributed by atoms with E-state index >= 15 is 0 Å². The zero-order chi connectivity index (χ0) is 12.5. The van der Waals surface area contributed by atoms with Gasteiger partial charge in [0, 0.05) is 0 Å². The molecule has 1 fully saturated rings. The number of nitrogens with one attached hydrogen (secondary N) is 1. The van der Waals surface area contributed by atoms with Gasteiger partial charge in [0.15, 0.2) is 0 Å². The molecule has 0 aliphatic carbocycles. The Kier molecular flexibility index (Phi) is 8.49. The smallest absolute Gasteiger partial charge is 0.00484 e. The zero-order valence-electron chi connectivity index (χ0n) is 11.0. The minimum absolute atomic E-state index is 0. The molecule has 0 radical (unpaired) electrons. The van der Waals surface area contributed by atoms with Crippen molar-refractivity contribution in [1.82, 2.24) is 5.32 Å². The van der Waals surface area contributed by atoms with Gasteiger partial charge in [0.1, 0.15) is 0 Å². The quantitative estimate of drug-likeness (QED) is 0.839. The molecule has 0 spiro atoms. The van der Waals surface area contributed by atoms with Crippen LogP contribution < -0.4 is 15.9 Å². The first-order valence-corrected chi connectivity index (χ1v) is 7.53. The summed E-state index contributed by atoms with van der Waals surface area (Å²) in [7, 11) is 0.777. The molecule has 1 nitrogen and oxygen atoms in total. The third kappa shape index (κ3) is 6.73. The molecule has 3 heteroatoms. The molecule has 0 aromatic heterocycles. The van der Waals surface area contributed by atoms with Crippen LogP contribution in [0, 0.1) is 0 Å². The number of halogens is 1. The Labute approximate surface area is 124 Å². The first-order valence-electron chi connectivity index (χ1n) is 6.53. The van der Waals surface area contributed by atoms with Crippen molar-refractivity contribution >= 4 is 31.6 Å². The van der Waals surface area contributed by atoms with Crippen molar-refractivity contribution in [2.45, 2.75) is 12.8 Å². The number of benzene rings is 2. The minimum Gasteiger partial charge on any atom is -0.317 e. The predicted molar refractivity (Wildman–Crippen MR) is 89.8 cm³/mol. The van der Waals surface area contributed by atoms with Gasteiger partial charge in [0.2, 0.25) is 0 Å². The minimum atomic E-state index is 0. The van der Waals surface area contributed by atoms with E-state index in [0.717, 1.165) is 8.58 Å². The molecule has 2 aromatic carbocycles. The molecule has 0 amide bonds. The van der Waals surface area contributed by atoms with Crippen LogP contribution in [0.15, 0.2) is 60.7 Å². The Bertz CT molecular complexity index is 384. The molecule has 1 aliphatic heterocycles. The lowest BCUT2D eigenvalue weighted by Gasteiger charge is -2.00. The van der Waals surface area contributed by atoms with Crippen LogP contribution in [-0.2, 0) is 0 Å². The molecule has 0 bridgehead atoms. The molecule has 102 valence electrons.